The molecular weight excluding hydrogens is 1680 g/mol. The number of morpholine rings is 4. The molecule has 0 saturated carbocycles. The third-order valence-electron chi connectivity index (χ3n) is 24.3. The van der Waals surface area contributed by atoms with E-state index in [1.165, 1.54) is 29.2 Å². The number of hydrogen-bond donors (Lipinski definition) is 8. The van der Waals surface area contributed by atoms with Crippen LogP contribution in [0.1, 0.15) is 184 Å². The van der Waals surface area contributed by atoms with E-state index in [0.717, 1.165) is 130 Å². The average Bonchev–Trinajstić information content (AvgIpc) is 1.36. The monoisotopic (exact) mass is 1810 g/mol. The van der Waals surface area contributed by atoms with Crippen LogP contribution in [0.3, 0.4) is 0 Å². The molecule has 8 aromatic carbocycles. The van der Waals surface area contributed by atoms with Crippen LogP contribution in [-0.4, -0.2) is 239 Å². The maximum Gasteiger partial charge on any atom is 0.255 e. The van der Waals surface area contributed by atoms with Gasteiger partial charge in [-0.1, -0.05) is 121 Å². The minimum Gasteiger partial charge on any atom is -0.381 e. The van der Waals surface area contributed by atoms with Crippen LogP contribution in [-0.2, 0) is 136 Å². The molecule has 688 valence electrons. The number of nitrogens with one attached hydrogen (secondary N) is 8. The number of fused-ring (bicyclic) bond motifs is 4. The van der Waals surface area contributed by atoms with E-state index in [9.17, 15) is 57.5 Å². The maximum absolute atomic E-state index is 13.3. The Morgan fingerprint density at radius 3 is 0.909 bits per heavy atom. The smallest absolute Gasteiger partial charge is 0.255 e. The molecule has 8 N–H and O–H groups in total. The zero-order valence-electron chi connectivity index (χ0n) is 90.2. The molecule has 32 nitrogen and oxygen atoms in total. The van der Waals surface area contributed by atoms with Crippen LogP contribution in [0.25, 0.3) is 0 Å². The van der Waals surface area contributed by atoms with Gasteiger partial charge in [0.05, 0.1) is 66.6 Å². The highest BCUT2D eigenvalue weighted by molar-refractivity contribution is 6.09. The van der Waals surface area contributed by atoms with Crippen molar-refractivity contribution in [3.05, 3.63) is 259 Å². The Morgan fingerprint density at radius 2 is 0.568 bits per heavy atom. The van der Waals surface area contributed by atoms with Gasteiger partial charge in [-0.15, -0.1) is 0 Å². The number of ether oxygens (including phenoxy) is 4. The van der Waals surface area contributed by atoms with Crippen LogP contribution in [0, 0.1) is 0 Å². The van der Waals surface area contributed by atoms with Crippen LogP contribution in [0.2, 0.25) is 0 Å². The van der Waals surface area contributed by atoms with Crippen LogP contribution in [0.5, 0.6) is 0 Å². The number of benzene rings is 8. The van der Waals surface area contributed by atoms with Crippen LogP contribution in [0.4, 0.5) is 22.7 Å². The number of rotatable bonds is 24. The van der Waals surface area contributed by atoms with Crippen molar-refractivity contribution in [3.8, 4) is 0 Å². The summed E-state index contributed by atoms with van der Waals surface area (Å²) >= 11 is 0. The molecule has 8 fully saturated rings. The van der Waals surface area contributed by atoms with Crippen LogP contribution < -0.4 is 42.5 Å². The summed E-state index contributed by atoms with van der Waals surface area (Å²) in [4.78, 5) is 163. The van der Waals surface area contributed by atoms with Crippen molar-refractivity contribution in [3.63, 3.8) is 0 Å². The lowest BCUT2D eigenvalue weighted by Gasteiger charge is -2.29. The topological polar surface area (TPSA) is 364 Å². The number of hydrogen-bond acceptors (Lipinski definition) is 24. The summed E-state index contributed by atoms with van der Waals surface area (Å²) in [6, 6.07) is 40.4. The lowest BCUT2D eigenvalue weighted by molar-refractivity contribution is -0.138. The molecule has 0 radical (unpaired) electrons. The Bertz CT molecular complexity index is 6580. The van der Waals surface area contributed by atoms with E-state index in [1.807, 2.05) is 53.8 Å². The van der Waals surface area contributed by atoms with E-state index in [0.29, 0.717) is 99.3 Å². The molecule has 0 spiro atoms. The molecule has 12 amide bonds. The summed E-state index contributed by atoms with van der Waals surface area (Å²) in [5, 5.41) is 19.5. The third-order valence-corrected chi connectivity index (χ3v) is 24.3. The molecule has 12 heterocycles. The summed E-state index contributed by atoms with van der Waals surface area (Å²) in [6.07, 6.45) is -12.3. The van der Waals surface area contributed by atoms with E-state index < -0.39 is 141 Å². The Kier molecular flexibility index (Phi) is 22.8. The summed E-state index contributed by atoms with van der Waals surface area (Å²) in [5.41, 5.74) is 9.88. The minimum atomic E-state index is -3.39. The molecule has 8 saturated heterocycles. The Hall–Kier alpha value is -12.9. The zero-order chi connectivity index (χ0) is 107. The second-order valence-electron chi connectivity index (χ2n) is 33.0. The van der Waals surface area contributed by atoms with Gasteiger partial charge in [-0.2, -0.15) is 0 Å². The van der Waals surface area contributed by atoms with Crippen molar-refractivity contribution in [1.82, 2.24) is 60.5 Å². The first-order valence-corrected chi connectivity index (χ1v) is 43.9. The van der Waals surface area contributed by atoms with Crippen molar-refractivity contribution >= 4 is 93.6 Å². The van der Waals surface area contributed by atoms with Gasteiger partial charge in [0.15, 0.2) is 0 Å². The number of nitrogens with zero attached hydrogens (tertiary/aromatic N) is 8. The number of piperidine rings is 4. The highest BCUT2D eigenvalue weighted by Crippen LogP contribution is 2.38. The number of anilines is 4. The normalized spacial score (nSPS) is 26.2. The summed E-state index contributed by atoms with van der Waals surface area (Å²) in [7, 11) is 0. The van der Waals surface area contributed by atoms with Gasteiger partial charge in [0, 0.05) is 235 Å². The molecule has 12 aliphatic rings. The lowest BCUT2D eigenvalue weighted by Crippen LogP contribution is -2.52. The molecule has 4 unspecified atom stereocenters. The fourth-order valence-corrected chi connectivity index (χ4v) is 17.1. The number of carbonyl (C=O) groups is 12. The van der Waals surface area contributed by atoms with Crippen molar-refractivity contribution < 1.29 is 101 Å². The van der Waals surface area contributed by atoms with Crippen molar-refractivity contribution in [2.45, 2.75) is 154 Å². The number of imide groups is 4. The van der Waals surface area contributed by atoms with E-state index in [2.05, 4.69) is 51.5 Å². The van der Waals surface area contributed by atoms with E-state index in [-0.39, 0.29) is 85.2 Å². The van der Waals surface area contributed by atoms with E-state index >= 15 is 0 Å². The summed E-state index contributed by atoms with van der Waals surface area (Å²) in [5.74, 6) is -9.96. The molecule has 20 rings (SSSR count). The molecule has 0 aromatic heterocycles. The van der Waals surface area contributed by atoms with Crippen LogP contribution >= 0.6 is 0 Å². The molecule has 32 heteroatoms. The molecule has 4 atom stereocenters. The van der Waals surface area contributed by atoms with Gasteiger partial charge in [-0.25, -0.2) is 0 Å². The van der Waals surface area contributed by atoms with Gasteiger partial charge in [0.1, 0.15) is 24.1 Å². The standard InChI is InChI=1S/4C25H28N4O4/c4*30-23-9-8-22(24(31)27-23)29-16-20-19(25(29)32)2-1-3-21(20)26-14-17-4-6-18(7-5-17)15-28-10-12-33-13-11-28/h4*1-7,22,26H,8-16H2,(H,27,30,31)/i8D2,9D2,14D2,22D;8D2,9D2,14D2;14D2,22D;14D2. The van der Waals surface area contributed by atoms with E-state index in [1.54, 1.807) is 102 Å². The molecule has 132 heavy (non-hydrogen) atoms. The van der Waals surface area contributed by atoms with Gasteiger partial charge >= 0.3 is 0 Å². The second-order valence-corrected chi connectivity index (χ2v) is 33.0. The second kappa shape index (κ2) is 42.5. The average molecular weight is 1810 g/mol. The highest BCUT2D eigenvalue weighted by atomic mass is 16.5. The lowest BCUT2D eigenvalue weighted by atomic mass is 10.0. The minimum absolute atomic E-state index is 0.00865. The summed E-state index contributed by atoms with van der Waals surface area (Å²) < 4.78 is 173. The fraction of sp³-hybridized carbons (Fsp3) is 0.400. The van der Waals surface area contributed by atoms with Gasteiger partial charge in [-0.05, 0) is 119 Å². The molecule has 8 aromatic rings. The zero-order valence-corrected chi connectivity index (χ0v) is 72.2. The first kappa shape index (κ1) is 70.9. The van der Waals surface area contributed by atoms with Gasteiger partial charge in [0.25, 0.3) is 23.6 Å². The predicted octanol–water partition coefficient (Wildman–Crippen LogP) is 7.57. The quantitative estimate of drug-likeness (QED) is 0.0270. The van der Waals surface area contributed by atoms with Crippen molar-refractivity contribution in [1.29, 1.82) is 0 Å². The first-order valence-electron chi connectivity index (χ1n) is 52.9. The molecule has 12 aliphatic heterocycles. The van der Waals surface area contributed by atoms with Gasteiger partial charge in [-0.3, -0.25) is 98.4 Å². The number of amides is 12. The SMILES string of the molecule is [2H]C([2H])(Nc1cccc2c1CN(C1([2H])C(=O)NC(=O)C([2H])([2H])C1([2H])[2H])C2=O)c1ccc(CN2CCOCC2)cc1.[2H]C([2H])(Nc1cccc2c1CN(C1([2H])CCC(=O)NC1=O)C2=O)c1ccc(CN2CCOCC2)cc1.[2H]C([2H])(Nc1cccc2c1CN(C1C(=O)NC(=O)C([2H])([2H])C1([2H])[2H])C2=O)c1ccc(CN2CCOCC2)cc1.[2H]C([2H])(Nc1cccc2c1CN(C1CCC(=O)NC1=O)C2=O)c1ccc(CN2CCOCC2)cc1. The Morgan fingerprint density at radius 1 is 0.303 bits per heavy atom. The predicted molar refractivity (Wildman–Crippen MR) is 489 cm³/mol. The first-order chi connectivity index (χ1) is 71.0. The van der Waals surface area contributed by atoms with Gasteiger partial charge in [0.2, 0.25) is 47.3 Å². The van der Waals surface area contributed by atoms with E-state index in [4.69, 9.17) is 43.6 Å². The van der Waals surface area contributed by atoms with Crippen molar-refractivity contribution in [2.75, 3.05) is 126 Å². The Labute approximate surface area is 791 Å². The van der Waals surface area contributed by atoms with Crippen LogP contribution in [0.15, 0.2) is 170 Å². The fourth-order valence-electron chi connectivity index (χ4n) is 17.1. The third kappa shape index (κ3) is 22.1. The molecule has 0 bridgehead atoms. The molecular formula is C100H112N16O16. The largest absolute Gasteiger partial charge is 0.381 e. The molecule has 0 aliphatic carbocycles. The summed E-state index contributed by atoms with van der Waals surface area (Å²) in [6.45, 7) is 6.93. The highest BCUT2D eigenvalue weighted by Gasteiger charge is 2.45. The Balaban J connectivity index is 0.000000136. The maximum atomic E-state index is 13.3. The number of carbonyl (C=O) groups excluding carboxylic acids is 12. The van der Waals surface area contributed by atoms with Gasteiger partial charge < -0.3 is 59.8 Å². The van der Waals surface area contributed by atoms with Crippen molar-refractivity contribution in [2.24, 2.45) is 0 Å².